The average molecular weight is 203 g/mol. The predicted molar refractivity (Wildman–Crippen MR) is 55.4 cm³/mol. The molecule has 0 aliphatic rings. The first-order valence-corrected chi connectivity index (χ1v) is 5.26. The van der Waals surface area contributed by atoms with Crippen LogP contribution in [0.1, 0.15) is 33.1 Å². The van der Waals surface area contributed by atoms with Crippen molar-refractivity contribution in [2.24, 2.45) is 0 Å². The van der Waals surface area contributed by atoms with Gasteiger partial charge in [-0.2, -0.15) is 0 Å². The number of unbranched alkanes of at least 4 members (excludes halogenated alkanes) is 1. The van der Waals surface area contributed by atoms with Crippen LogP contribution in [0.5, 0.6) is 0 Å². The van der Waals surface area contributed by atoms with E-state index in [0.29, 0.717) is 19.6 Å². The molecular formula is C10H21NO3. The smallest absolute Gasteiger partial charge is 0.320 e. The maximum absolute atomic E-state index is 10.6. The van der Waals surface area contributed by atoms with Crippen molar-refractivity contribution in [3.8, 4) is 0 Å². The van der Waals surface area contributed by atoms with Crippen molar-refractivity contribution in [1.82, 2.24) is 5.32 Å². The molecule has 0 saturated carbocycles. The Morgan fingerprint density at radius 2 is 2.14 bits per heavy atom. The van der Waals surface area contributed by atoms with Crippen LogP contribution in [-0.2, 0) is 9.53 Å². The summed E-state index contributed by atoms with van der Waals surface area (Å²) in [6, 6.07) is -0.440. The predicted octanol–water partition coefficient (Wildman–Crippen LogP) is 1.26. The fourth-order valence-corrected chi connectivity index (χ4v) is 1.06. The topological polar surface area (TPSA) is 58.6 Å². The van der Waals surface area contributed by atoms with E-state index in [1.165, 1.54) is 0 Å². The van der Waals surface area contributed by atoms with Gasteiger partial charge in [0.1, 0.15) is 6.04 Å². The molecule has 0 aliphatic carbocycles. The zero-order valence-corrected chi connectivity index (χ0v) is 9.08. The summed E-state index contributed by atoms with van der Waals surface area (Å²) in [7, 11) is 0. The molecule has 0 aromatic rings. The fraction of sp³-hybridized carbons (Fsp3) is 0.900. The molecule has 0 heterocycles. The number of rotatable bonds is 9. The number of hydrogen-bond acceptors (Lipinski definition) is 3. The van der Waals surface area contributed by atoms with Crippen LogP contribution in [0, 0.1) is 0 Å². The quantitative estimate of drug-likeness (QED) is 0.554. The molecule has 1 atom stereocenters. The van der Waals surface area contributed by atoms with E-state index in [0.717, 1.165) is 19.4 Å². The molecule has 0 saturated heterocycles. The minimum atomic E-state index is -0.791. The van der Waals surface area contributed by atoms with Gasteiger partial charge >= 0.3 is 5.97 Å². The minimum absolute atomic E-state index is 0.440. The molecule has 0 radical (unpaired) electrons. The average Bonchev–Trinajstić information content (AvgIpc) is 2.16. The van der Waals surface area contributed by atoms with Gasteiger partial charge in [-0.1, -0.05) is 20.3 Å². The number of aliphatic carboxylic acids is 1. The second kappa shape index (κ2) is 8.97. The summed E-state index contributed by atoms with van der Waals surface area (Å²) in [6.07, 6.45) is 2.79. The molecule has 0 bridgehead atoms. The molecule has 4 nitrogen and oxygen atoms in total. The van der Waals surface area contributed by atoms with Gasteiger partial charge in [0.2, 0.25) is 0 Å². The molecule has 2 N–H and O–H groups in total. The highest BCUT2D eigenvalue weighted by Crippen LogP contribution is 1.91. The number of nitrogens with one attached hydrogen (secondary N) is 1. The summed E-state index contributed by atoms with van der Waals surface area (Å²) in [5, 5.41) is 11.6. The molecule has 14 heavy (non-hydrogen) atoms. The van der Waals surface area contributed by atoms with Crippen LogP contribution in [0.3, 0.4) is 0 Å². The lowest BCUT2D eigenvalue weighted by Crippen LogP contribution is -2.37. The van der Waals surface area contributed by atoms with E-state index in [1.807, 2.05) is 6.92 Å². The monoisotopic (exact) mass is 203 g/mol. The van der Waals surface area contributed by atoms with Crippen molar-refractivity contribution in [3.05, 3.63) is 0 Å². The van der Waals surface area contributed by atoms with E-state index in [9.17, 15) is 4.79 Å². The third-order valence-corrected chi connectivity index (χ3v) is 1.99. The van der Waals surface area contributed by atoms with Crippen LogP contribution in [0.2, 0.25) is 0 Å². The van der Waals surface area contributed by atoms with E-state index >= 15 is 0 Å². The van der Waals surface area contributed by atoms with Crippen molar-refractivity contribution >= 4 is 5.97 Å². The molecule has 0 aromatic heterocycles. The lowest BCUT2D eigenvalue weighted by molar-refractivity contribution is -0.139. The van der Waals surface area contributed by atoms with Gasteiger partial charge in [-0.05, 0) is 12.8 Å². The lowest BCUT2D eigenvalue weighted by Gasteiger charge is -2.11. The minimum Gasteiger partial charge on any atom is -0.480 e. The molecule has 0 spiro atoms. The van der Waals surface area contributed by atoms with E-state index in [4.69, 9.17) is 9.84 Å². The summed E-state index contributed by atoms with van der Waals surface area (Å²) in [5.74, 6) is -0.791. The van der Waals surface area contributed by atoms with Crippen molar-refractivity contribution < 1.29 is 14.6 Å². The van der Waals surface area contributed by atoms with Gasteiger partial charge in [0, 0.05) is 13.2 Å². The summed E-state index contributed by atoms with van der Waals surface area (Å²) in [5.41, 5.74) is 0. The number of carbonyl (C=O) groups is 1. The Hall–Kier alpha value is -0.610. The number of carboxylic acid groups (broad SMARTS) is 1. The van der Waals surface area contributed by atoms with Gasteiger partial charge in [-0.25, -0.2) is 0 Å². The van der Waals surface area contributed by atoms with Gasteiger partial charge in [-0.3, -0.25) is 4.79 Å². The normalized spacial score (nSPS) is 12.7. The summed E-state index contributed by atoms with van der Waals surface area (Å²) in [6.45, 7) is 5.92. The number of hydrogen-bond donors (Lipinski definition) is 2. The van der Waals surface area contributed by atoms with Crippen LogP contribution in [0.15, 0.2) is 0 Å². The SMILES string of the molecule is CCCCOCCNC(CC)C(=O)O. The highest BCUT2D eigenvalue weighted by Gasteiger charge is 2.12. The number of carboxylic acids is 1. The third-order valence-electron chi connectivity index (χ3n) is 1.99. The van der Waals surface area contributed by atoms with Gasteiger partial charge < -0.3 is 15.2 Å². The molecule has 0 aromatic carbocycles. The maximum atomic E-state index is 10.6. The maximum Gasteiger partial charge on any atom is 0.320 e. The van der Waals surface area contributed by atoms with E-state index in [2.05, 4.69) is 12.2 Å². The lowest BCUT2D eigenvalue weighted by atomic mass is 10.2. The van der Waals surface area contributed by atoms with Crippen molar-refractivity contribution in [3.63, 3.8) is 0 Å². The Kier molecular flexibility index (Phi) is 8.57. The van der Waals surface area contributed by atoms with Gasteiger partial charge in [0.05, 0.1) is 6.61 Å². The fourth-order valence-electron chi connectivity index (χ4n) is 1.06. The van der Waals surface area contributed by atoms with Crippen LogP contribution >= 0.6 is 0 Å². The Labute approximate surface area is 85.6 Å². The summed E-state index contributed by atoms with van der Waals surface area (Å²) >= 11 is 0. The van der Waals surface area contributed by atoms with Crippen molar-refractivity contribution in [2.75, 3.05) is 19.8 Å². The van der Waals surface area contributed by atoms with E-state index < -0.39 is 12.0 Å². The molecular weight excluding hydrogens is 182 g/mol. The van der Waals surface area contributed by atoms with Crippen LogP contribution in [-0.4, -0.2) is 36.9 Å². The molecule has 1 unspecified atom stereocenters. The van der Waals surface area contributed by atoms with E-state index in [1.54, 1.807) is 0 Å². The summed E-state index contributed by atoms with van der Waals surface area (Å²) < 4.78 is 5.29. The summed E-state index contributed by atoms with van der Waals surface area (Å²) in [4.78, 5) is 10.6. The molecule has 0 aliphatic heterocycles. The highest BCUT2D eigenvalue weighted by atomic mass is 16.5. The van der Waals surface area contributed by atoms with E-state index in [-0.39, 0.29) is 0 Å². The Morgan fingerprint density at radius 1 is 1.43 bits per heavy atom. The van der Waals surface area contributed by atoms with Gasteiger partial charge in [0.25, 0.3) is 0 Å². The zero-order chi connectivity index (χ0) is 10.8. The van der Waals surface area contributed by atoms with Crippen LogP contribution in [0.4, 0.5) is 0 Å². The molecule has 84 valence electrons. The zero-order valence-electron chi connectivity index (χ0n) is 9.08. The second-order valence-electron chi connectivity index (χ2n) is 3.22. The number of ether oxygens (including phenoxy) is 1. The van der Waals surface area contributed by atoms with Crippen LogP contribution < -0.4 is 5.32 Å². The van der Waals surface area contributed by atoms with Gasteiger partial charge in [0.15, 0.2) is 0 Å². The standard InChI is InChI=1S/C10H21NO3/c1-3-5-7-14-8-6-11-9(4-2)10(12)13/h9,11H,3-8H2,1-2H3,(H,12,13). The first-order chi connectivity index (χ1) is 6.72. The molecule has 4 heteroatoms. The van der Waals surface area contributed by atoms with Crippen molar-refractivity contribution in [2.45, 2.75) is 39.2 Å². The second-order valence-corrected chi connectivity index (χ2v) is 3.22. The van der Waals surface area contributed by atoms with Crippen LogP contribution in [0.25, 0.3) is 0 Å². The third kappa shape index (κ3) is 6.86. The first kappa shape index (κ1) is 13.4. The Balaban J connectivity index is 3.29. The molecule has 0 fully saturated rings. The largest absolute Gasteiger partial charge is 0.480 e. The first-order valence-electron chi connectivity index (χ1n) is 5.26. The highest BCUT2D eigenvalue weighted by molar-refractivity contribution is 5.73. The molecule has 0 amide bonds. The Morgan fingerprint density at radius 3 is 2.64 bits per heavy atom. The molecule has 0 rings (SSSR count). The van der Waals surface area contributed by atoms with Crippen molar-refractivity contribution in [1.29, 1.82) is 0 Å². The Bertz CT molecular complexity index is 150. The van der Waals surface area contributed by atoms with Gasteiger partial charge in [-0.15, -0.1) is 0 Å².